The molecule has 0 unspecified atom stereocenters. The lowest BCUT2D eigenvalue weighted by atomic mass is 10.1. The molecule has 0 atom stereocenters. The molecule has 0 spiro atoms. The Morgan fingerprint density at radius 1 is 1.07 bits per heavy atom. The SMILES string of the molecule is COc1ccc(C(C)=O)cc1COC(=O)CN(C)S(=O)(=O)c1ccc(C)cc1. The third-order valence-corrected chi connectivity index (χ3v) is 5.97. The molecule has 0 radical (unpaired) electrons. The Morgan fingerprint density at radius 3 is 2.29 bits per heavy atom. The zero-order valence-electron chi connectivity index (χ0n) is 16.3. The Kier molecular flexibility index (Phi) is 6.93. The van der Waals surface area contributed by atoms with E-state index in [0.29, 0.717) is 16.9 Å². The molecule has 8 heteroatoms. The van der Waals surface area contributed by atoms with E-state index in [1.165, 1.54) is 33.2 Å². The monoisotopic (exact) mass is 405 g/mol. The molecule has 28 heavy (non-hydrogen) atoms. The van der Waals surface area contributed by atoms with Crippen molar-refractivity contribution in [1.29, 1.82) is 0 Å². The van der Waals surface area contributed by atoms with Crippen LogP contribution in [-0.4, -0.2) is 45.2 Å². The zero-order chi connectivity index (χ0) is 20.9. The Labute approximate surface area is 164 Å². The summed E-state index contributed by atoms with van der Waals surface area (Å²) in [6.45, 7) is 2.71. The molecule has 0 fully saturated rings. The normalized spacial score (nSPS) is 11.3. The lowest BCUT2D eigenvalue weighted by molar-refractivity contribution is -0.144. The van der Waals surface area contributed by atoms with Crippen molar-refractivity contribution in [2.75, 3.05) is 20.7 Å². The third kappa shape index (κ3) is 5.17. The summed E-state index contributed by atoms with van der Waals surface area (Å²) in [5.41, 5.74) is 1.92. The highest BCUT2D eigenvalue weighted by Gasteiger charge is 2.23. The first-order valence-electron chi connectivity index (χ1n) is 8.51. The number of methoxy groups -OCH3 is 1. The average Bonchev–Trinajstić information content (AvgIpc) is 2.66. The summed E-state index contributed by atoms with van der Waals surface area (Å²) < 4.78 is 36.4. The van der Waals surface area contributed by atoms with Crippen molar-refractivity contribution in [3.05, 3.63) is 59.2 Å². The van der Waals surface area contributed by atoms with Crippen LogP contribution in [0.1, 0.15) is 28.4 Å². The molecule has 0 N–H and O–H groups in total. The maximum atomic E-state index is 12.5. The van der Waals surface area contributed by atoms with Crippen LogP contribution in [0.25, 0.3) is 0 Å². The molecule has 2 rings (SSSR count). The van der Waals surface area contributed by atoms with Crippen molar-refractivity contribution < 1.29 is 27.5 Å². The van der Waals surface area contributed by atoms with Gasteiger partial charge in [0.2, 0.25) is 10.0 Å². The maximum absolute atomic E-state index is 12.5. The number of hydrogen-bond donors (Lipinski definition) is 0. The molecule has 0 bridgehead atoms. The fourth-order valence-electron chi connectivity index (χ4n) is 2.47. The summed E-state index contributed by atoms with van der Waals surface area (Å²) in [6, 6.07) is 11.2. The van der Waals surface area contributed by atoms with Crippen molar-refractivity contribution in [2.24, 2.45) is 0 Å². The minimum absolute atomic E-state index is 0.101. The van der Waals surface area contributed by atoms with Crippen LogP contribution in [-0.2, 0) is 26.2 Å². The summed E-state index contributed by atoms with van der Waals surface area (Å²) in [4.78, 5) is 23.8. The molecule has 0 saturated carbocycles. The number of carbonyl (C=O) groups is 2. The number of likely N-dealkylation sites (N-methyl/N-ethyl adjacent to an activating group) is 1. The largest absolute Gasteiger partial charge is 0.496 e. The Hall–Kier alpha value is -2.71. The number of rotatable bonds is 8. The molecule has 0 heterocycles. The molecule has 0 aliphatic heterocycles. The number of aryl methyl sites for hydroxylation is 1. The predicted molar refractivity (Wildman–Crippen MR) is 104 cm³/mol. The summed E-state index contributed by atoms with van der Waals surface area (Å²) in [6.07, 6.45) is 0. The second-order valence-electron chi connectivity index (χ2n) is 6.32. The summed E-state index contributed by atoms with van der Waals surface area (Å²) in [7, 11) is -1.02. The summed E-state index contributed by atoms with van der Waals surface area (Å²) >= 11 is 0. The second kappa shape index (κ2) is 8.99. The van der Waals surface area contributed by atoms with Crippen LogP contribution in [0.2, 0.25) is 0 Å². The molecular formula is C20H23NO6S. The quantitative estimate of drug-likeness (QED) is 0.495. The maximum Gasteiger partial charge on any atom is 0.321 e. The smallest absolute Gasteiger partial charge is 0.321 e. The first-order valence-corrected chi connectivity index (χ1v) is 9.95. The Bertz CT molecular complexity index is 967. The van der Waals surface area contributed by atoms with Gasteiger partial charge in [-0.3, -0.25) is 9.59 Å². The molecule has 0 amide bonds. The molecule has 0 aromatic heterocycles. The Morgan fingerprint density at radius 2 is 1.71 bits per heavy atom. The van der Waals surface area contributed by atoms with E-state index in [1.807, 2.05) is 6.92 Å². The highest BCUT2D eigenvalue weighted by molar-refractivity contribution is 7.89. The van der Waals surface area contributed by atoms with E-state index in [2.05, 4.69) is 0 Å². The third-order valence-electron chi connectivity index (χ3n) is 4.16. The van der Waals surface area contributed by atoms with Gasteiger partial charge in [-0.2, -0.15) is 4.31 Å². The fourth-order valence-corrected chi connectivity index (χ4v) is 3.59. The van der Waals surface area contributed by atoms with Gasteiger partial charge in [0.1, 0.15) is 18.9 Å². The average molecular weight is 405 g/mol. The number of hydrogen-bond acceptors (Lipinski definition) is 6. The van der Waals surface area contributed by atoms with Gasteiger partial charge < -0.3 is 9.47 Å². The van der Waals surface area contributed by atoms with Gasteiger partial charge in [0.25, 0.3) is 0 Å². The van der Waals surface area contributed by atoms with E-state index in [-0.39, 0.29) is 17.3 Å². The highest BCUT2D eigenvalue weighted by Crippen LogP contribution is 2.21. The van der Waals surface area contributed by atoms with Crippen molar-refractivity contribution in [2.45, 2.75) is 25.3 Å². The molecule has 150 valence electrons. The molecule has 0 saturated heterocycles. The van der Waals surface area contributed by atoms with Gasteiger partial charge >= 0.3 is 5.97 Å². The van der Waals surface area contributed by atoms with Crippen molar-refractivity contribution in [3.63, 3.8) is 0 Å². The van der Waals surface area contributed by atoms with Gasteiger partial charge in [-0.1, -0.05) is 17.7 Å². The van der Waals surface area contributed by atoms with Crippen LogP contribution in [0, 0.1) is 6.92 Å². The fraction of sp³-hybridized carbons (Fsp3) is 0.300. The Balaban J connectivity index is 2.05. The number of benzene rings is 2. The van der Waals surface area contributed by atoms with Crippen LogP contribution >= 0.6 is 0 Å². The first kappa shape index (κ1) is 21.6. The van der Waals surface area contributed by atoms with Gasteiger partial charge in [0.05, 0.1) is 12.0 Å². The summed E-state index contributed by atoms with van der Waals surface area (Å²) in [5, 5.41) is 0. The highest BCUT2D eigenvalue weighted by atomic mass is 32.2. The van der Waals surface area contributed by atoms with Gasteiger partial charge in [-0.05, 0) is 44.2 Å². The predicted octanol–water partition coefficient (Wildman–Crippen LogP) is 2.57. The van der Waals surface area contributed by atoms with E-state index >= 15 is 0 Å². The van der Waals surface area contributed by atoms with Crippen LogP contribution in [0.5, 0.6) is 5.75 Å². The minimum Gasteiger partial charge on any atom is -0.496 e. The van der Waals surface area contributed by atoms with Gasteiger partial charge in [0, 0.05) is 18.2 Å². The van der Waals surface area contributed by atoms with Crippen LogP contribution in [0.3, 0.4) is 0 Å². The molecule has 2 aromatic carbocycles. The number of sulfonamides is 1. The van der Waals surface area contributed by atoms with E-state index in [0.717, 1.165) is 9.87 Å². The number of esters is 1. The zero-order valence-corrected chi connectivity index (χ0v) is 17.1. The number of nitrogens with zero attached hydrogens (tertiary/aromatic N) is 1. The van der Waals surface area contributed by atoms with Crippen molar-refractivity contribution >= 4 is 21.8 Å². The van der Waals surface area contributed by atoms with Crippen LogP contribution < -0.4 is 4.74 Å². The summed E-state index contributed by atoms with van der Waals surface area (Å²) in [5.74, 6) is -0.369. The molecule has 2 aromatic rings. The number of ketones is 1. The van der Waals surface area contributed by atoms with E-state index in [4.69, 9.17) is 9.47 Å². The first-order chi connectivity index (χ1) is 13.1. The molecule has 7 nitrogen and oxygen atoms in total. The number of ether oxygens (including phenoxy) is 2. The van der Waals surface area contributed by atoms with E-state index < -0.39 is 22.5 Å². The van der Waals surface area contributed by atoms with Gasteiger partial charge in [-0.15, -0.1) is 0 Å². The topological polar surface area (TPSA) is 90.0 Å². The van der Waals surface area contributed by atoms with Gasteiger partial charge in [0.15, 0.2) is 5.78 Å². The van der Waals surface area contributed by atoms with Crippen LogP contribution in [0.4, 0.5) is 0 Å². The number of Topliss-reactive ketones (excluding diaryl/α,β-unsaturated/α-hetero) is 1. The van der Waals surface area contributed by atoms with E-state index in [9.17, 15) is 18.0 Å². The van der Waals surface area contributed by atoms with Gasteiger partial charge in [-0.25, -0.2) is 8.42 Å². The standard InChI is InChI=1S/C20H23NO6S/c1-14-5-8-18(9-6-14)28(24,25)21(3)12-20(23)27-13-17-11-16(15(2)22)7-10-19(17)26-4/h5-11H,12-13H2,1-4H3. The van der Waals surface area contributed by atoms with E-state index in [1.54, 1.807) is 30.3 Å². The molecule has 0 aliphatic carbocycles. The second-order valence-corrected chi connectivity index (χ2v) is 8.36. The lowest BCUT2D eigenvalue weighted by Crippen LogP contribution is -2.33. The molecule has 0 aliphatic rings. The van der Waals surface area contributed by atoms with Crippen molar-refractivity contribution in [1.82, 2.24) is 4.31 Å². The molecular weight excluding hydrogens is 382 g/mol. The van der Waals surface area contributed by atoms with Crippen molar-refractivity contribution in [3.8, 4) is 5.75 Å². The minimum atomic E-state index is -3.80. The lowest BCUT2D eigenvalue weighted by Gasteiger charge is -2.17. The van der Waals surface area contributed by atoms with Crippen LogP contribution in [0.15, 0.2) is 47.4 Å². The number of carbonyl (C=O) groups excluding carboxylic acids is 2.